The first-order chi connectivity index (χ1) is 9.88. The third-order valence-corrected chi connectivity index (χ3v) is 4.40. The number of rotatable bonds is 6. The van der Waals surface area contributed by atoms with Crippen molar-refractivity contribution in [2.45, 2.75) is 4.90 Å². The van der Waals surface area contributed by atoms with Gasteiger partial charge < -0.3 is 5.32 Å². The highest BCUT2D eigenvalue weighted by molar-refractivity contribution is 7.89. The summed E-state index contributed by atoms with van der Waals surface area (Å²) in [6.45, 7) is -1.14. The second-order valence-electron chi connectivity index (χ2n) is 3.78. The van der Waals surface area contributed by atoms with Crippen molar-refractivity contribution in [3.8, 4) is 12.1 Å². The van der Waals surface area contributed by atoms with Crippen LogP contribution in [-0.2, 0) is 10.0 Å². The van der Waals surface area contributed by atoms with Crippen molar-refractivity contribution in [3.63, 3.8) is 0 Å². The van der Waals surface area contributed by atoms with E-state index in [-0.39, 0.29) is 0 Å². The number of nitro groups is 1. The fourth-order valence-corrected chi connectivity index (χ4v) is 2.93. The molecule has 0 aromatic heterocycles. The van der Waals surface area contributed by atoms with E-state index in [0.29, 0.717) is 9.99 Å². The monoisotopic (exact) mass is 309 g/mol. The highest BCUT2D eigenvalue weighted by Crippen LogP contribution is 2.29. The summed E-state index contributed by atoms with van der Waals surface area (Å²) in [7, 11) is -2.77. The normalized spacial score (nSPS) is 10.7. The van der Waals surface area contributed by atoms with Crippen LogP contribution < -0.4 is 5.32 Å². The molecule has 0 aliphatic rings. The lowest BCUT2D eigenvalue weighted by Crippen LogP contribution is -2.32. The number of sulfonamides is 1. The Balaban J connectivity index is 3.47. The Bertz CT molecular complexity index is 716. The molecule has 0 aliphatic heterocycles. The summed E-state index contributed by atoms with van der Waals surface area (Å²) in [5.41, 5.74) is -0.254. The van der Waals surface area contributed by atoms with Gasteiger partial charge in [-0.1, -0.05) is 0 Å². The van der Waals surface area contributed by atoms with Crippen LogP contribution in [0.5, 0.6) is 0 Å². The number of nitriles is 2. The van der Waals surface area contributed by atoms with Gasteiger partial charge in [0.25, 0.3) is 15.7 Å². The maximum Gasteiger partial charge on any atom is 0.291 e. The van der Waals surface area contributed by atoms with Crippen LogP contribution in [0.2, 0.25) is 0 Å². The summed E-state index contributed by atoms with van der Waals surface area (Å²) < 4.78 is 25.2. The number of benzene rings is 1. The number of hydrogen-bond donors (Lipinski definition) is 1. The van der Waals surface area contributed by atoms with Gasteiger partial charge in [-0.15, -0.1) is 0 Å². The molecule has 110 valence electrons. The van der Waals surface area contributed by atoms with Crippen LogP contribution in [0.15, 0.2) is 23.1 Å². The van der Waals surface area contributed by atoms with Gasteiger partial charge >= 0.3 is 0 Å². The van der Waals surface area contributed by atoms with Gasteiger partial charge in [0.15, 0.2) is 4.90 Å². The lowest BCUT2D eigenvalue weighted by atomic mass is 10.3. The molecule has 0 saturated carbocycles. The van der Waals surface area contributed by atoms with Gasteiger partial charge in [-0.2, -0.15) is 14.8 Å². The van der Waals surface area contributed by atoms with E-state index in [2.05, 4.69) is 5.32 Å². The van der Waals surface area contributed by atoms with E-state index in [1.807, 2.05) is 0 Å². The molecular weight excluding hydrogens is 298 g/mol. The Morgan fingerprint density at radius 3 is 2.33 bits per heavy atom. The lowest BCUT2D eigenvalue weighted by Gasteiger charge is -2.16. The lowest BCUT2D eigenvalue weighted by molar-refractivity contribution is -0.387. The van der Waals surface area contributed by atoms with Crippen molar-refractivity contribution >= 4 is 21.4 Å². The third kappa shape index (κ3) is 3.45. The maximum absolute atomic E-state index is 12.3. The number of anilines is 1. The van der Waals surface area contributed by atoms with Gasteiger partial charge in [0.05, 0.1) is 17.1 Å². The summed E-state index contributed by atoms with van der Waals surface area (Å²) in [6.07, 6.45) is 0. The van der Waals surface area contributed by atoms with Crippen LogP contribution in [0.4, 0.5) is 11.4 Å². The fourth-order valence-electron chi connectivity index (χ4n) is 1.56. The zero-order valence-corrected chi connectivity index (χ0v) is 11.8. The first-order valence-corrected chi connectivity index (χ1v) is 7.02. The largest absolute Gasteiger partial charge is 0.388 e. The van der Waals surface area contributed by atoms with Crippen LogP contribution in [-0.4, -0.2) is 37.8 Å². The molecule has 0 unspecified atom stereocenters. The number of nitrogens with one attached hydrogen (secondary N) is 1. The predicted molar refractivity (Wildman–Crippen MR) is 72.6 cm³/mol. The minimum atomic E-state index is -4.31. The van der Waals surface area contributed by atoms with Gasteiger partial charge in [-0.05, 0) is 12.1 Å². The van der Waals surface area contributed by atoms with Crippen molar-refractivity contribution in [1.82, 2.24) is 4.31 Å². The van der Waals surface area contributed by atoms with Crippen LogP contribution in [0.1, 0.15) is 0 Å². The van der Waals surface area contributed by atoms with Crippen LogP contribution in [0.3, 0.4) is 0 Å². The Morgan fingerprint density at radius 1 is 1.33 bits per heavy atom. The Kier molecular flexibility index (Phi) is 5.18. The zero-order chi connectivity index (χ0) is 16.0. The second kappa shape index (κ2) is 6.65. The van der Waals surface area contributed by atoms with Crippen molar-refractivity contribution in [2.24, 2.45) is 0 Å². The van der Waals surface area contributed by atoms with E-state index in [0.717, 1.165) is 12.1 Å². The molecule has 0 radical (unpaired) electrons. The van der Waals surface area contributed by atoms with Crippen LogP contribution in [0, 0.1) is 32.8 Å². The second-order valence-corrected chi connectivity index (χ2v) is 5.69. The highest BCUT2D eigenvalue weighted by atomic mass is 32.2. The molecule has 0 aliphatic carbocycles. The summed E-state index contributed by atoms with van der Waals surface area (Å²) in [5, 5.41) is 31.0. The average Bonchev–Trinajstić information content (AvgIpc) is 2.46. The van der Waals surface area contributed by atoms with Crippen molar-refractivity contribution in [1.29, 1.82) is 10.5 Å². The topological polar surface area (TPSA) is 140 Å². The molecule has 0 heterocycles. The van der Waals surface area contributed by atoms with Crippen molar-refractivity contribution < 1.29 is 13.3 Å². The minimum Gasteiger partial charge on any atom is -0.388 e. The van der Waals surface area contributed by atoms with Crippen molar-refractivity contribution in [2.75, 3.05) is 25.5 Å². The molecule has 0 fully saturated rings. The van der Waals surface area contributed by atoms with E-state index in [1.165, 1.54) is 13.1 Å². The Labute approximate surface area is 121 Å². The molecule has 0 atom stereocenters. The summed E-state index contributed by atoms with van der Waals surface area (Å²) in [4.78, 5) is 9.65. The van der Waals surface area contributed by atoms with Gasteiger partial charge in [0, 0.05) is 18.8 Å². The fraction of sp³-hybridized carbons (Fsp3) is 0.273. The molecule has 0 spiro atoms. The molecule has 1 aromatic carbocycles. The molecule has 21 heavy (non-hydrogen) atoms. The summed E-state index contributed by atoms with van der Waals surface area (Å²) in [6, 6.07) is 6.73. The first-order valence-electron chi connectivity index (χ1n) is 5.58. The molecule has 0 saturated heterocycles. The summed E-state index contributed by atoms with van der Waals surface area (Å²) >= 11 is 0. The van der Waals surface area contributed by atoms with E-state index < -0.39 is 38.6 Å². The SMILES string of the molecule is CNc1ccc(S(=O)(=O)N(CC#N)CC#N)c([N+](=O)[O-])c1. The van der Waals surface area contributed by atoms with E-state index in [4.69, 9.17) is 10.5 Å². The van der Waals surface area contributed by atoms with Gasteiger partial charge in [-0.3, -0.25) is 10.1 Å². The minimum absolute atomic E-state index is 0.368. The molecule has 0 bridgehead atoms. The van der Waals surface area contributed by atoms with E-state index >= 15 is 0 Å². The van der Waals surface area contributed by atoms with E-state index in [9.17, 15) is 18.5 Å². The molecule has 0 amide bonds. The molecule has 1 aromatic rings. The predicted octanol–water partition coefficient (Wildman–Crippen LogP) is 0.674. The molecule has 9 nitrogen and oxygen atoms in total. The Hall–Kier alpha value is -2.69. The average molecular weight is 309 g/mol. The zero-order valence-electron chi connectivity index (χ0n) is 11.0. The van der Waals surface area contributed by atoms with Gasteiger partial charge in [0.1, 0.15) is 13.1 Å². The Morgan fingerprint density at radius 2 is 1.90 bits per heavy atom. The quantitative estimate of drug-likeness (QED) is 0.462. The number of nitro benzene ring substituents is 1. The number of hydrogen-bond acceptors (Lipinski definition) is 7. The van der Waals surface area contributed by atoms with Gasteiger partial charge in [0.2, 0.25) is 0 Å². The van der Waals surface area contributed by atoms with Crippen LogP contribution >= 0.6 is 0 Å². The number of nitrogens with zero attached hydrogens (tertiary/aromatic N) is 4. The molecular formula is C11H11N5O4S. The van der Waals surface area contributed by atoms with Gasteiger partial charge in [-0.25, -0.2) is 8.42 Å². The third-order valence-electron chi connectivity index (χ3n) is 2.56. The van der Waals surface area contributed by atoms with Crippen molar-refractivity contribution in [3.05, 3.63) is 28.3 Å². The van der Waals surface area contributed by atoms with E-state index in [1.54, 1.807) is 12.1 Å². The first kappa shape index (κ1) is 16.4. The molecule has 10 heteroatoms. The standard InChI is InChI=1S/C11H11N5O4S/c1-14-9-2-3-11(10(8-9)16(17)18)21(19,20)15(6-4-12)7-5-13/h2-3,8,14H,6-7H2,1H3. The van der Waals surface area contributed by atoms with Crippen LogP contribution in [0.25, 0.3) is 0 Å². The molecule has 1 rings (SSSR count). The summed E-state index contributed by atoms with van der Waals surface area (Å²) in [5.74, 6) is 0. The highest BCUT2D eigenvalue weighted by Gasteiger charge is 2.31. The molecule has 1 N–H and O–H groups in total. The maximum atomic E-state index is 12.3. The smallest absolute Gasteiger partial charge is 0.291 e.